The largest absolute Gasteiger partial charge is 0.483 e. The van der Waals surface area contributed by atoms with Gasteiger partial charge in [-0.2, -0.15) is 0 Å². The first-order chi connectivity index (χ1) is 11.3. The van der Waals surface area contributed by atoms with Crippen molar-refractivity contribution >= 4 is 28.3 Å². The molecule has 0 aliphatic rings. The molecule has 23 heavy (non-hydrogen) atoms. The standard InChI is InChI=1S/C19H13N.CH2O2/c1-2-8-14(9-3-1)19-15-10-4-6-12-17(15)20-18-13-7-5-11-16(18)19;2-1-3/h1-13H;1H,(H,2,3). The van der Waals surface area contributed by atoms with Crippen molar-refractivity contribution in [2.75, 3.05) is 0 Å². The van der Waals surface area contributed by atoms with Crippen LogP contribution >= 0.6 is 0 Å². The topological polar surface area (TPSA) is 50.2 Å². The zero-order chi connectivity index (χ0) is 16.1. The average Bonchev–Trinajstić information content (AvgIpc) is 2.61. The van der Waals surface area contributed by atoms with Crippen LogP contribution in [0.3, 0.4) is 0 Å². The predicted molar refractivity (Wildman–Crippen MR) is 93.4 cm³/mol. The Morgan fingerprint density at radius 3 is 1.65 bits per heavy atom. The van der Waals surface area contributed by atoms with Crippen LogP contribution in [0.25, 0.3) is 32.9 Å². The third-order valence-electron chi connectivity index (χ3n) is 3.65. The van der Waals surface area contributed by atoms with Crippen LogP contribution in [-0.4, -0.2) is 16.6 Å². The first kappa shape index (κ1) is 14.7. The van der Waals surface area contributed by atoms with Crippen molar-refractivity contribution in [2.24, 2.45) is 0 Å². The Morgan fingerprint density at radius 2 is 1.13 bits per heavy atom. The molecule has 4 aromatic rings. The summed E-state index contributed by atoms with van der Waals surface area (Å²) in [6, 6.07) is 27.2. The minimum Gasteiger partial charge on any atom is -0.483 e. The van der Waals surface area contributed by atoms with Gasteiger partial charge in [-0.1, -0.05) is 66.7 Å². The molecule has 0 spiro atoms. The number of nitrogens with zero attached hydrogens (tertiary/aromatic N) is 1. The van der Waals surface area contributed by atoms with Crippen LogP contribution < -0.4 is 0 Å². The third kappa shape index (κ3) is 2.90. The van der Waals surface area contributed by atoms with Gasteiger partial charge in [0.1, 0.15) is 0 Å². The predicted octanol–water partition coefficient (Wildman–Crippen LogP) is 4.76. The Bertz CT molecular complexity index is 895. The smallest absolute Gasteiger partial charge is 0.290 e. The van der Waals surface area contributed by atoms with Gasteiger partial charge < -0.3 is 5.11 Å². The van der Waals surface area contributed by atoms with E-state index in [9.17, 15) is 0 Å². The molecule has 4 rings (SSSR count). The van der Waals surface area contributed by atoms with E-state index in [1.807, 2.05) is 12.1 Å². The molecule has 0 atom stereocenters. The summed E-state index contributed by atoms with van der Waals surface area (Å²) >= 11 is 0. The van der Waals surface area contributed by atoms with E-state index in [4.69, 9.17) is 14.9 Å². The number of carbonyl (C=O) groups is 1. The Labute approximate surface area is 133 Å². The molecule has 0 bridgehead atoms. The number of pyridine rings is 1. The molecule has 3 aromatic carbocycles. The third-order valence-corrected chi connectivity index (χ3v) is 3.65. The molecule has 0 unspecified atom stereocenters. The molecule has 0 fully saturated rings. The normalized spacial score (nSPS) is 10.1. The number of hydrogen-bond acceptors (Lipinski definition) is 2. The van der Waals surface area contributed by atoms with Gasteiger partial charge in [0.05, 0.1) is 11.0 Å². The molecular formula is C20H15NO2. The summed E-state index contributed by atoms with van der Waals surface area (Å²) in [5.74, 6) is 0. The second kappa shape index (κ2) is 6.71. The van der Waals surface area contributed by atoms with E-state index in [1.165, 1.54) is 21.9 Å². The molecular weight excluding hydrogens is 286 g/mol. The molecule has 0 radical (unpaired) electrons. The van der Waals surface area contributed by atoms with Crippen LogP contribution in [0.2, 0.25) is 0 Å². The molecule has 1 N–H and O–H groups in total. The van der Waals surface area contributed by atoms with E-state index in [0.29, 0.717) is 0 Å². The second-order valence-electron chi connectivity index (χ2n) is 4.99. The number of benzene rings is 3. The lowest BCUT2D eigenvalue weighted by Crippen LogP contribution is -1.88. The van der Waals surface area contributed by atoms with E-state index in [-0.39, 0.29) is 6.47 Å². The fourth-order valence-corrected chi connectivity index (χ4v) is 2.76. The fraction of sp³-hybridized carbons (Fsp3) is 0. The molecule has 0 aliphatic heterocycles. The molecule has 3 nitrogen and oxygen atoms in total. The quantitative estimate of drug-likeness (QED) is 0.407. The van der Waals surface area contributed by atoms with Gasteiger partial charge in [0.15, 0.2) is 0 Å². The molecule has 1 heterocycles. The van der Waals surface area contributed by atoms with Crippen molar-refractivity contribution in [3.63, 3.8) is 0 Å². The van der Waals surface area contributed by atoms with Gasteiger partial charge >= 0.3 is 0 Å². The molecule has 0 amide bonds. The van der Waals surface area contributed by atoms with Gasteiger partial charge in [-0.25, -0.2) is 4.98 Å². The monoisotopic (exact) mass is 301 g/mol. The number of rotatable bonds is 1. The summed E-state index contributed by atoms with van der Waals surface area (Å²) in [7, 11) is 0. The Morgan fingerprint density at radius 1 is 0.696 bits per heavy atom. The van der Waals surface area contributed by atoms with Gasteiger partial charge in [0, 0.05) is 16.3 Å². The van der Waals surface area contributed by atoms with Crippen molar-refractivity contribution in [3.05, 3.63) is 78.9 Å². The zero-order valence-electron chi connectivity index (χ0n) is 12.4. The van der Waals surface area contributed by atoms with Crippen LogP contribution in [0, 0.1) is 0 Å². The first-order valence-corrected chi connectivity index (χ1v) is 7.26. The summed E-state index contributed by atoms with van der Waals surface area (Å²) < 4.78 is 0. The van der Waals surface area contributed by atoms with Gasteiger partial charge in [-0.05, 0) is 17.7 Å². The maximum absolute atomic E-state index is 8.36. The van der Waals surface area contributed by atoms with E-state index < -0.39 is 0 Å². The molecule has 112 valence electrons. The van der Waals surface area contributed by atoms with Crippen LogP contribution in [0.5, 0.6) is 0 Å². The molecule has 1 aromatic heterocycles. The van der Waals surface area contributed by atoms with Crippen molar-refractivity contribution in [2.45, 2.75) is 0 Å². The lowest BCUT2D eigenvalue weighted by atomic mass is 9.96. The maximum atomic E-state index is 8.36. The number of para-hydroxylation sites is 2. The van der Waals surface area contributed by atoms with E-state index in [0.717, 1.165) is 11.0 Å². The average molecular weight is 301 g/mol. The molecule has 0 aliphatic carbocycles. The Hall–Kier alpha value is -3.20. The SMILES string of the molecule is O=CO.c1ccc(-c2c3ccccc3nc3ccccc23)cc1. The number of fused-ring (bicyclic) bond motifs is 2. The number of aromatic nitrogens is 1. The summed E-state index contributed by atoms with van der Waals surface area (Å²) in [4.78, 5) is 13.1. The summed E-state index contributed by atoms with van der Waals surface area (Å²) in [6.07, 6.45) is 0. The second-order valence-corrected chi connectivity index (χ2v) is 4.99. The molecule has 0 saturated heterocycles. The summed E-state index contributed by atoms with van der Waals surface area (Å²) in [5, 5.41) is 9.30. The fourth-order valence-electron chi connectivity index (χ4n) is 2.76. The van der Waals surface area contributed by atoms with Gasteiger partial charge in [-0.15, -0.1) is 0 Å². The Kier molecular flexibility index (Phi) is 4.29. The first-order valence-electron chi connectivity index (χ1n) is 7.26. The van der Waals surface area contributed by atoms with Crippen LogP contribution in [-0.2, 0) is 4.79 Å². The number of hydrogen-bond donors (Lipinski definition) is 1. The Balaban J connectivity index is 0.000000485. The van der Waals surface area contributed by atoms with Crippen molar-refractivity contribution in [3.8, 4) is 11.1 Å². The highest BCUT2D eigenvalue weighted by atomic mass is 16.3. The van der Waals surface area contributed by atoms with E-state index in [2.05, 4.69) is 66.7 Å². The van der Waals surface area contributed by atoms with Crippen LogP contribution in [0.15, 0.2) is 78.9 Å². The van der Waals surface area contributed by atoms with Crippen molar-refractivity contribution in [1.82, 2.24) is 4.98 Å². The number of carboxylic acid groups (broad SMARTS) is 1. The lowest BCUT2D eigenvalue weighted by Gasteiger charge is -2.10. The van der Waals surface area contributed by atoms with Crippen molar-refractivity contribution < 1.29 is 9.90 Å². The minimum absolute atomic E-state index is 0.250. The highest BCUT2D eigenvalue weighted by Crippen LogP contribution is 2.34. The highest BCUT2D eigenvalue weighted by Gasteiger charge is 2.09. The van der Waals surface area contributed by atoms with Gasteiger partial charge in [0.25, 0.3) is 6.47 Å². The summed E-state index contributed by atoms with van der Waals surface area (Å²) in [5.41, 5.74) is 4.60. The molecule has 3 heteroatoms. The van der Waals surface area contributed by atoms with Crippen LogP contribution in [0.4, 0.5) is 0 Å². The van der Waals surface area contributed by atoms with Gasteiger partial charge in [0.2, 0.25) is 0 Å². The lowest BCUT2D eigenvalue weighted by molar-refractivity contribution is -0.122. The zero-order valence-corrected chi connectivity index (χ0v) is 12.4. The van der Waals surface area contributed by atoms with Crippen LogP contribution in [0.1, 0.15) is 0 Å². The highest BCUT2D eigenvalue weighted by molar-refractivity contribution is 6.09. The summed E-state index contributed by atoms with van der Waals surface area (Å²) in [6.45, 7) is -0.250. The maximum Gasteiger partial charge on any atom is 0.290 e. The van der Waals surface area contributed by atoms with E-state index >= 15 is 0 Å². The van der Waals surface area contributed by atoms with Crippen molar-refractivity contribution in [1.29, 1.82) is 0 Å². The minimum atomic E-state index is -0.250. The van der Waals surface area contributed by atoms with Gasteiger partial charge in [-0.3, -0.25) is 4.79 Å². The van der Waals surface area contributed by atoms with E-state index in [1.54, 1.807) is 0 Å². The molecule has 0 saturated carbocycles.